The third-order valence-electron chi connectivity index (χ3n) is 4.95. The van der Waals surface area contributed by atoms with E-state index in [1.165, 1.54) is 19.4 Å². The number of nitrogens with zero attached hydrogens (tertiary/aromatic N) is 3. The Balaban J connectivity index is 1.78. The molecule has 170 valence electrons. The quantitative estimate of drug-likeness (QED) is 0.374. The van der Waals surface area contributed by atoms with Gasteiger partial charge in [-0.15, -0.1) is 0 Å². The van der Waals surface area contributed by atoms with Crippen LogP contribution in [-0.2, 0) is 10.0 Å². The molecule has 0 aliphatic heterocycles. The molecule has 0 radical (unpaired) electrons. The molecule has 0 aliphatic carbocycles. The van der Waals surface area contributed by atoms with Crippen LogP contribution in [0.5, 0.6) is 5.88 Å². The molecule has 0 saturated carbocycles. The van der Waals surface area contributed by atoms with Crippen molar-refractivity contribution in [3.8, 4) is 17.0 Å². The summed E-state index contributed by atoms with van der Waals surface area (Å²) < 4.78 is 33.7. The van der Waals surface area contributed by atoms with E-state index in [4.69, 9.17) is 27.9 Å². The van der Waals surface area contributed by atoms with Crippen LogP contribution in [0, 0.1) is 6.92 Å². The van der Waals surface area contributed by atoms with E-state index in [1.807, 2.05) is 19.1 Å². The molecule has 0 amide bonds. The molecule has 1 aromatic carbocycles. The zero-order chi connectivity index (χ0) is 23.8. The number of hydrogen-bond donors (Lipinski definition) is 2. The molecule has 33 heavy (non-hydrogen) atoms. The van der Waals surface area contributed by atoms with Crippen molar-refractivity contribution in [1.82, 2.24) is 15.0 Å². The van der Waals surface area contributed by atoms with E-state index in [1.54, 1.807) is 31.4 Å². The predicted molar refractivity (Wildman–Crippen MR) is 131 cm³/mol. The van der Waals surface area contributed by atoms with Gasteiger partial charge < -0.3 is 10.1 Å². The number of halogens is 2. The van der Waals surface area contributed by atoms with Crippen LogP contribution in [0.4, 0.5) is 11.5 Å². The van der Waals surface area contributed by atoms with Crippen molar-refractivity contribution < 1.29 is 13.2 Å². The number of methoxy groups -OCH3 is 1. The number of aromatic nitrogens is 3. The van der Waals surface area contributed by atoms with Gasteiger partial charge in [-0.2, -0.15) is 0 Å². The van der Waals surface area contributed by atoms with Gasteiger partial charge in [0.15, 0.2) is 4.90 Å². The molecule has 8 nitrogen and oxygen atoms in total. The Morgan fingerprint density at radius 1 is 1.03 bits per heavy atom. The number of aryl methyl sites for hydroxylation is 1. The first kappa shape index (κ1) is 23.0. The lowest BCUT2D eigenvalue weighted by molar-refractivity contribution is 0.385. The Kier molecular flexibility index (Phi) is 6.29. The predicted octanol–water partition coefficient (Wildman–Crippen LogP) is 5.16. The number of anilines is 2. The lowest BCUT2D eigenvalue weighted by Crippen LogP contribution is -2.15. The zero-order valence-corrected chi connectivity index (χ0v) is 20.2. The molecule has 0 spiro atoms. The van der Waals surface area contributed by atoms with Crippen molar-refractivity contribution in [1.29, 1.82) is 0 Å². The van der Waals surface area contributed by atoms with E-state index in [9.17, 15) is 8.42 Å². The highest BCUT2D eigenvalue weighted by atomic mass is 35.5. The van der Waals surface area contributed by atoms with Crippen molar-refractivity contribution >= 4 is 55.6 Å². The van der Waals surface area contributed by atoms with E-state index in [2.05, 4.69) is 25.0 Å². The molecule has 3 heterocycles. The van der Waals surface area contributed by atoms with Crippen molar-refractivity contribution in [2.75, 3.05) is 24.2 Å². The van der Waals surface area contributed by atoms with Gasteiger partial charge in [-0.3, -0.25) is 9.71 Å². The minimum absolute atomic E-state index is 0.0813. The topological polar surface area (TPSA) is 106 Å². The minimum atomic E-state index is -4.09. The Morgan fingerprint density at radius 2 is 1.82 bits per heavy atom. The smallest absolute Gasteiger partial charge is 0.267 e. The van der Waals surface area contributed by atoms with Crippen LogP contribution < -0.4 is 14.8 Å². The Morgan fingerprint density at radius 3 is 2.55 bits per heavy atom. The lowest BCUT2D eigenvalue weighted by Gasteiger charge is -2.15. The number of ether oxygens (including phenoxy) is 1. The SMILES string of the molecule is CNc1cc2nc(C)c(-c3cccc(NS(=O)(=O)c4cc(Cl)cnc4OC)c3Cl)cc2cn1. The molecule has 0 unspecified atom stereocenters. The van der Waals surface area contributed by atoms with E-state index in [-0.39, 0.29) is 26.5 Å². The number of pyridine rings is 3. The summed E-state index contributed by atoms with van der Waals surface area (Å²) in [5.41, 5.74) is 3.09. The third kappa shape index (κ3) is 4.52. The fourth-order valence-corrected chi connectivity index (χ4v) is 5.12. The number of hydrogen-bond acceptors (Lipinski definition) is 7. The molecule has 2 N–H and O–H groups in total. The Hall–Kier alpha value is -3.14. The van der Waals surface area contributed by atoms with Crippen molar-refractivity contribution in [3.63, 3.8) is 0 Å². The summed E-state index contributed by atoms with van der Waals surface area (Å²) in [7, 11) is -0.977. The number of sulfonamides is 1. The molecular weight excluding hydrogens is 485 g/mol. The normalized spacial score (nSPS) is 11.4. The Bertz CT molecular complexity index is 1480. The van der Waals surface area contributed by atoms with Crippen LogP contribution >= 0.6 is 23.2 Å². The highest BCUT2D eigenvalue weighted by molar-refractivity contribution is 7.92. The zero-order valence-electron chi connectivity index (χ0n) is 17.8. The average Bonchev–Trinajstić information content (AvgIpc) is 2.79. The van der Waals surface area contributed by atoms with Crippen molar-refractivity contribution in [3.05, 3.63) is 64.5 Å². The second-order valence-electron chi connectivity index (χ2n) is 7.07. The molecule has 0 aliphatic rings. The summed E-state index contributed by atoms with van der Waals surface area (Å²) >= 11 is 12.6. The monoisotopic (exact) mass is 503 g/mol. The van der Waals surface area contributed by atoms with Crippen LogP contribution in [0.2, 0.25) is 10.0 Å². The number of nitrogens with one attached hydrogen (secondary N) is 2. The fraction of sp³-hybridized carbons (Fsp3) is 0.136. The second-order valence-corrected chi connectivity index (χ2v) is 9.53. The van der Waals surface area contributed by atoms with Gasteiger partial charge in [-0.25, -0.2) is 18.4 Å². The standard InChI is InChI=1S/C22H19Cl2N5O3S/c1-12-16(7-13-10-26-20(25-2)9-18(13)28-12)15-5-4-6-17(21(15)24)29-33(30,31)19-8-14(23)11-27-22(19)32-3/h4-11,29H,1-3H3,(H,25,26). The van der Waals surface area contributed by atoms with Gasteiger partial charge in [0.25, 0.3) is 10.0 Å². The third-order valence-corrected chi connectivity index (χ3v) is 6.92. The van der Waals surface area contributed by atoms with Crippen molar-refractivity contribution in [2.24, 2.45) is 0 Å². The van der Waals surface area contributed by atoms with Gasteiger partial charge in [-0.05, 0) is 25.1 Å². The molecule has 11 heteroatoms. The summed E-state index contributed by atoms with van der Waals surface area (Å²) in [6.07, 6.45) is 3.02. The maximum atomic E-state index is 13.1. The molecule has 0 fully saturated rings. The summed E-state index contributed by atoms with van der Waals surface area (Å²) in [5, 5.41) is 4.19. The maximum absolute atomic E-state index is 13.1. The summed E-state index contributed by atoms with van der Waals surface area (Å²) in [4.78, 5) is 12.7. The highest BCUT2D eigenvalue weighted by Crippen LogP contribution is 2.37. The van der Waals surface area contributed by atoms with Gasteiger partial charge in [-0.1, -0.05) is 35.3 Å². The summed E-state index contributed by atoms with van der Waals surface area (Å²) in [5.74, 6) is 0.629. The van der Waals surface area contributed by atoms with Gasteiger partial charge in [0.05, 0.1) is 28.4 Å². The van der Waals surface area contributed by atoms with Crippen LogP contribution in [-0.4, -0.2) is 37.5 Å². The molecule has 0 bridgehead atoms. The molecule has 4 rings (SSSR count). The molecule has 0 atom stereocenters. The average molecular weight is 504 g/mol. The molecule has 0 saturated heterocycles. The largest absolute Gasteiger partial charge is 0.480 e. The minimum Gasteiger partial charge on any atom is -0.480 e. The van der Waals surface area contributed by atoms with E-state index in [0.717, 1.165) is 22.2 Å². The molecule has 3 aromatic heterocycles. The van der Waals surface area contributed by atoms with Crippen LogP contribution in [0.1, 0.15) is 5.69 Å². The van der Waals surface area contributed by atoms with Crippen LogP contribution in [0.25, 0.3) is 22.0 Å². The van der Waals surface area contributed by atoms with Crippen LogP contribution in [0.15, 0.2) is 53.7 Å². The number of benzene rings is 1. The highest BCUT2D eigenvalue weighted by Gasteiger charge is 2.23. The van der Waals surface area contributed by atoms with Gasteiger partial charge in [0, 0.05) is 47.7 Å². The maximum Gasteiger partial charge on any atom is 0.267 e. The van der Waals surface area contributed by atoms with Crippen LogP contribution in [0.3, 0.4) is 0 Å². The number of rotatable bonds is 6. The summed E-state index contributed by atoms with van der Waals surface area (Å²) in [6.45, 7) is 1.87. The molecule has 4 aromatic rings. The first-order valence-corrected chi connectivity index (χ1v) is 11.9. The lowest BCUT2D eigenvalue weighted by atomic mass is 10.0. The van der Waals surface area contributed by atoms with Gasteiger partial charge in [0.2, 0.25) is 5.88 Å². The first-order chi connectivity index (χ1) is 15.7. The Labute approximate surface area is 201 Å². The van der Waals surface area contributed by atoms with E-state index >= 15 is 0 Å². The van der Waals surface area contributed by atoms with E-state index in [0.29, 0.717) is 11.4 Å². The number of fused-ring (bicyclic) bond motifs is 1. The first-order valence-electron chi connectivity index (χ1n) is 9.70. The summed E-state index contributed by atoms with van der Waals surface area (Å²) in [6, 6.07) is 10.1. The fourth-order valence-electron chi connectivity index (χ4n) is 3.35. The van der Waals surface area contributed by atoms with E-state index < -0.39 is 10.0 Å². The molecular formula is C22H19Cl2N5O3S. The second kappa shape index (κ2) is 9.01. The van der Waals surface area contributed by atoms with Gasteiger partial charge >= 0.3 is 0 Å². The van der Waals surface area contributed by atoms with Gasteiger partial charge in [0.1, 0.15) is 5.82 Å². The van der Waals surface area contributed by atoms with Crippen molar-refractivity contribution in [2.45, 2.75) is 11.8 Å².